The van der Waals surface area contributed by atoms with Gasteiger partial charge in [-0.3, -0.25) is 9.10 Å². The van der Waals surface area contributed by atoms with Crippen LogP contribution in [0, 0.1) is 0 Å². The van der Waals surface area contributed by atoms with Gasteiger partial charge in [-0.25, -0.2) is 8.42 Å². The normalized spacial score (nSPS) is 14.3. The Balaban J connectivity index is 1.38. The van der Waals surface area contributed by atoms with Crippen LogP contribution in [-0.2, 0) is 14.8 Å². The molecule has 0 bridgehead atoms. The first-order valence-corrected chi connectivity index (χ1v) is 10.2. The summed E-state index contributed by atoms with van der Waals surface area (Å²) in [6.07, 6.45) is 1.24. The van der Waals surface area contributed by atoms with Gasteiger partial charge in [-0.1, -0.05) is 24.3 Å². The van der Waals surface area contributed by atoms with E-state index in [0.717, 1.165) is 9.69 Å². The SMILES string of the molecule is O=C(CN1c2cccc3cccc(c23)S1(=O)=O)Nc1ccc(-c2nnco2)cc1. The molecule has 0 atom stereocenters. The molecule has 1 amide bonds. The van der Waals surface area contributed by atoms with Crippen molar-refractivity contribution in [3.05, 3.63) is 67.1 Å². The van der Waals surface area contributed by atoms with Gasteiger partial charge in [-0.2, -0.15) is 0 Å². The van der Waals surface area contributed by atoms with Crippen LogP contribution in [0.3, 0.4) is 0 Å². The van der Waals surface area contributed by atoms with Crippen LogP contribution in [0.1, 0.15) is 0 Å². The van der Waals surface area contributed by atoms with Crippen molar-refractivity contribution >= 4 is 38.1 Å². The van der Waals surface area contributed by atoms with Crippen molar-refractivity contribution in [2.75, 3.05) is 16.2 Å². The van der Waals surface area contributed by atoms with Gasteiger partial charge in [0.1, 0.15) is 6.54 Å². The van der Waals surface area contributed by atoms with Crippen LogP contribution in [0.25, 0.3) is 22.2 Å². The third kappa shape index (κ3) is 2.83. The first-order valence-electron chi connectivity index (χ1n) is 8.75. The zero-order valence-corrected chi connectivity index (χ0v) is 15.8. The van der Waals surface area contributed by atoms with E-state index >= 15 is 0 Å². The standard InChI is InChI=1S/C20H14N4O4S/c25-18(22-15-9-7-14(8-10-15)20-23-21-12-28-20)11-24-16-5-1-3-13-4-2-6-17(19(13)16)29(24,26)27/h1-10,12H,11H2,(H,22,25). The summed E-state index contributed by atoms with van der Waals surface area (Å²) in [5.74, 6) is -0.0687. The topological polar surface area (TPSA) is 105 Å². The number of carbonyl (C=O) groups excluding carboxylic acids is 1. The Bertz CT molecular complexity index is 1330. The predicted molar refractivity (Wildman–Crippen MR) is 107 cm³/mol. The molecule has 0 unspecified atom stereocenters. The second-order valence-electron chi connectivity index (χ2n) is 6.51. The fourth-order valence-electron chi connectivity index (χ4n) is 3.45. The van der Waals surface area contributed by atoms with E-state index in [1.54, 1.807) is 48.5 Å². The summed E-state index contributed by atoms with van der Waals surface area (Å²) in [6.45, 7) is -0.318. The summed E-state index contributed by atoms with van der Waals surface area (Å²) in [5.41, 5.74) is 1.76. The largest absolute Gasteiger partial charge is 0.423 e. The fourth-order valence-corrected chi connectivity index (χ4v) is 5.12. The van der Waals surface area contributed by atoms with Gasteiger partial charge in [-0.05, 0) is 41.8 Å². The smallest absolute Gasteiger partial charge is 0.265 e. The van der Waals surface area contributed by atoms with Crippen LogP contribution in [0.5, 0.6) is 0 Å². The van der Waals surface area contributed by atoms with Crippen LogP contribution < -0.4 is 9.62 Å². The molecule has 29 heavy (non-hydrogen) atoms. The Morgan fingerprint density at radius 3 is 2.52 bits per heavy atom. The van der Waals surface area contributed by atoms with Crippen molar-refractivity contribution in [1.82, 2.24) is 10.2 Å². The number of amides is 1. The van der Waals surface area contributed by atoms with Gasteiger partial charge in [0.05, 0.1) is 10.6 Å². The zero-order chi connectivity index (χ0) is 20.0. The average molecular weight is 406 g/mol. The molecule has 5 rings (SSSR count). The van der Waals surface area contributed by atoms with Crippen LogP contribution in [0.15, 0.2) is 76.4 Å². The summed E-state index contributed by atoms with van der Waals surface area (Å²) in [6, 6.07) is 17.3. The van der Waals surface area contributed by atoms with E-state index in [4.69, 9.17) is 4.42 Å². The molecule has 3 aromatic carbocycles. The first-order chi connectivity index (χ1) is 14.0. The molecule has 9 heteroatoms. The van der Waals surface area contributed by atoms with Crippen LogP contribution in [0.2, 0.25) is 0 Å². The van der Waals surface area contributed by atoms with Gasteiger partial charge in [-0.15, -0.1) is 10.2 Å². The second kappa shape index (κ2) is 6.42. The Kier molecular flexibility index (Phi) is 3.85. The zero-order valence-electron chi connectivity index (χ0n) is 14.9. The van der Waals surface area contributed by atoms with Crippen LogP contribution in [-0.4, -0.2) is 31.1 Å². The van der Waals surface area contributed by atoms with Gasteiger partial charge in [0.2, 0.25) is 18.2 Å². The molecule has 0 saturated carbocycles. The summed E-state index contributed by atoms with van der Waals surface area (Å²) in [5, 5.41) is 11.6. The molecular formula is C20H14N4O4S. The monoisotopic (exact) mass is 406 g/mol. The number of benzene rings is 3. The van der Waals surface area contributed by atoms with E-state index in [9.17, 15) is 13.2 Å². The molecule has 0 radical (unpaired) electrons. The van der Waals surface area contributed by atoms with E-state index in [1.807, 2.05) is 12.1 Å². The predicted octanol–water partition coefficient (Wildman–Crippen LogP) is 3.04. The molecule has 0 saturated heterocycles. The van der Waals surface area contributed by atoms with Crippen molar-refractivity contribution in [1.29, 1.82) is 0 Å². The number of hydrogen-bond donors (Lipinski definition) is 1. The number of aromatic nitrogens is 2. The number of rotatable bonds is 4. The number of sulfonamides is 1. The average Bonchev–Trinajstić information content (AvgIpc) is 3.32. The molecule has 2 heterocycles. The Morgan fingerprint density at radius 2 is 1.79 bits per heavy atom. The van der Waals surface area contributed by atoms with E-state index in [1.165, 1.54) is 6.39 Å². The van der Waals surface area contributed by atoms with Gasteiger partial charge in [0.15, 0.2) is 0 Å². The minimum atomic E-state index is -3.78. The summed E-state index contributed by atoms with van der Waals surface area (Å²) < 4.78 is 32.2. The highest BCUT2D eigenvalue weighted by Crippen LogP contribution is 2.41. The van der Waals surface area contributed by atoms with Gasteiger partial charge < -0.3 is 9.73 Å². The molecule has 0 aliphatic carbocycles. The maximum absolute atomic E-state index is 13.0. The molecular weight excluding hydrogens is 392 g/mol. The molecule has 8 nitrogen and oxygen atoms in total. The van der Waals surface area contributed by atoms with E-state index < -0.39 is 15.9 Å². The summed E-state index contributed by atoms with van der Waals surface area (Å²) >= 11 is 0. The molecule has 144 valence electrons. The van der Waals surface area contributed by atoms with E-state index in [2.05, 4.69) is 15.5 Å². The number of nitrogens with one attached hydrogen (secondary N) is 1. The first kappa shape index (κ1) is 17.4. The van der Waals surface area contributed by atoms with Gasteiger partial charge in [0, 0.05) is 16.6 Å². The third-order valence-corrected chi connectivity index (χ3v) is 6.55. The number of carbonyl (C=O) groups is 1. The summed E-state index contributed by atoms with van der Waals surface area (Å²) in [7, 11) is -3.78. The minimum absolute atomic E-state index is 0.224. The maximum Gasteiger partial charge on any atom is 0.265 e. The molecule has 0 spiro atoms. The molecule has 1 aliphatic heterocycles. The van der Waals surface area contributed by atoms with Crippen LogP contribution >= 0.6 is 0 Å². The number of nitrogens with zero attached hydrogens (tertiary/aromatic N) is 3. The molecule has 1 aromatic heterocycles. The highest BCUT2D eigenvalue weighted by atomic mass is 32.2. The lowest BCUT2D eigenvalue weighted by Gasteiger charge is -2.18. The third-order valence-electron chi connectivity index (χ3n) is 4.74. The quantitative estimate of drug-likeness (QED) is 0.558. The Morgan fingerprint density at radius 1 is 1.03 bits per heavy atom. The van der Waals surface area contributed by atoms with Crippen molar-refractivity contribution in [2.24, 2.45) is 0 Å². The van der Waals surface area contributed by atoms with Gasteiger partial charge in [0.25, 0.3) is 10.0 Å². The van der Waals surface area contributed by atoms with Crippen molar-refractivity contribution in [3.63, 3.8) is 0 Å². The van der Waals surface area contributed by atoms with Crippen molar-refractivity contribution in [2.45, 2.75) is 4.90 Å². The maximum atomic E-state index is 13.0. The lowest BCUT2D eigenvalue weighted by molar-refractivity contribution is -0.114. The van der Waals surface area contributed by atoms with E-state index in [-0.39, 0.29) is 11.4 Å². The minimum Gasteiger partial charge on any atom is -0.423 e. The highest BCUT2D eigenvalue weighted by molar-refractivity contribution is 7.93. The lowest BCUT2D eigenvalue weighted by Crippen LogP contribution is -2.35. The van der Waals surface area contributed by atoms with Gasteiger partial charge >= 0.3 is 0 Å². The molecule has 1 N–H and O–H groups in total. The highest BCUT2D eigenvalue weighted by Gasteiger charge is 2.36. The molecule has 0 fully saturated rings. The van der Waals surface area contributed by atoms with E-state index in [0.29, 0.717) is 28.2 Å². The summed E-state index contributed by atoms with van der Waals surface area (Å²) in [4.78, 5) is 12.8. The second-order valence-corrected chi connectivity index (χ2v) is 8.34. The fraction of sp³-hybridized carbons (Fsp3) is 0.0500. The van der Waals surface area contributed by atoms with Crippen LogP contribution in [0.4, 0.5) is 11.4 Å². The number of anilines is 2. The number of hydrogen-bond acceptors (Lipinski definition) is 6. The van der Waals surface area contributed by atoms with Crippen molar-refractivity contribution in [3.8, 4) is 11.5 Å². The van der Waals surface area contributed by atoms with Crippen molar-refractivity contribution < 1.29 is 17.6 Å². The molecule has 1 aliphatic rings. The Labute approximate surface area is 165 Å². The Hall–Kier alpha value is -3.72. The molecule has 4 aromatic rings. The lowest BCUT2D eigenvalue weighted by atomic mass is 10.1.